The van der Waals surface area contributed by atoms with Crippen molar-refractivity contribution in [1.82, 2.24) is 0 Å². The third kappa shape index (κ3) is 5.20. The third-order valence-electron chi connectivity index (χ3n) is 3.08. The van der Waals surface area contributed by atoms with Gasteiger partial charge in [-0.05, 0) is 24.6 Å². The standard InChI is InChI=1S/C17H17NO5S/c1-11(24-10-12-5-3-2-4-6-12)23-17(22)18-13-7-8-14(16(20)21)15(19)9-13/h2-9,11,19H,10H2,1H3,(H,18,22)(H,20,21). The van der Waals surface area contributed by atoms with E-state index in [0.29, 0.717) is 5.75 Å². The number of aromatic carboxylic acids is 1. The molecular formula is C17H17NO5S. The Balaban J connectivity index is 1.84. The fourth-order valence-electron chi connectivity index (χ4n) is 1.91. The average Bonchev–Trinajstić information content (AvgIpc) is 2.53. The predicted octanol–water partition coefficient (Wildman–Crippen LogP) is 3.92. The van der Waals surface area contributed by atoms with Crippen molar-refractivity contribution in [2.24, 2.45) is 0 Å². The molecule has 0 fully saturated rings. The zero-order valence-electron chi connectivity index (χ0n) is 12.9. The largest absolute Gasteiger partial charge is 0.507 e. The number of carbonyl (C=O) groups is 2. The minimum Gasteiger partial charge on any atom is -0.507 e. The van der Waals surface area contributed by atoms with Gasteiger partial charge < -0.3 is 14.9 Å². The van der Waals surface area contributed by atoms with Gasteiger partial charge in [-0.2, -0.15) is 0 Å². The highest BCUT2D eigenvalue weighted by Gasteiger charge is 2.13. The zero-order chi connectivity index (χ0) is 17.5. The predicted molar refractivity (Wildman–Crippen MR) is 92.4 cm³/mol. The van der Waals surface area contributed by atoms with Crippen LogP contribution in [0.5, 0.6) is 5.75 Å². The molecule has 24 heavy (non-hydrogen) atoms. The molecule has 2 aromatic rings. The SMILES string of the molecule is CC(OC(=O)Nc1ccc(C(=O)O)c(O)c1)SCc1ccccc1. The second-order valence-corrected chi connectivity index (χ2v) is 6.22. The molecule has 0 aliphatic rings. The summed E-state index contributed by atoms with van der Waals surface area (Å²) in [5.41, 5.74) is 0.785. The number of thioether (sulfide) groups is 1. The van der Waals surface area contributed by atoms with Gasteiger partial charge in [0.25, 0.3) is 0 Å². The summed E-state index contributed by atoms with van der Waals surface area (Å²) >= 11 is 1.47. The molecule has 0 saturated carbocycles. The summed E-state index contributed by atoms with van der Waals surface area (Å²) in [6.45, 7) is 1.76. The minimum absolute atomic E-state index is 0.235. The Morgan fingerprint density at radius 3 is 2.54 bits per heavy atom. The first-order chi connectivity index (χ1) is 11.5. The van der Waals surface area contributed by atoms with Gasteiger partial charge in [-0.3, -0.25) is 5.32 Å². The van der Waals surface area contributed by atoms with E-state index in [-0.39, 0.29) is 16.7 Å². The molecule has 1 amide bonds. The van der Waals surface area contributed by atoms with E-state index in [4.69, 9.17) is 9.84 Å². The number of phenols is 1. The summed E-state index contributed by atoms with van der Waals surface area (Å²) in [6, 6.07) is 13.6. The molecule has 1 atom stereocenters. The highest BCUT2D eigenvalue weighted by molar-refractivity contribution is 7.98. The van der Waals surface area contributed by atoms with Crippen molar-refractivity contribution in [3.63, 3.8) is 0 Å². The number of anilines is 1. The zero-order valence-corrected chi connectivity index (χ0v) is 13.7. The molecule has 0 aliphatic carbocycles. The molecule has 0 saturated heterocycles. The van der Waals surface area contributed by atoms with Crippen LogP contribution < -0.4 is 5.32 Å². The first-order valence-corrected chi connectivity index (χ1v) is 8.20. The molecule has 0 radical (unpaired) electrons. The van der Waals surface area contributed by atoms with Crippen LogP contribution in [-0.2, 0) is 10.5 Å². The van der Waals surface area contributed by atoms with Gasteiger partial charge >= 0.3 is 12.1 Å². The monoisotopic (exact) mass is 347 g/mol. The van der Waals surface area contributed by atoms with E-state index in [0.717, 1.165) is 11.6 Å². The van der Waals surface area contributed by atoms with E-state index in [1.54, 1.807) is 6.92 Å². The highest BCUT2D eigenvalue weighted by atomic mass is 32.2. The van der Waals surface area contributed by atoms with Gasteiger partial charge in [-0.25, -0.2) is 9.59 Å². The fraction of sp³-hybridized carbons (Fsp3) is 0.176. The maximum absolute atomic E-state index is 11.8. The Hall–Kier alpha value is -2.67. The summed E-state index contributed by atoms with van der Waals surface area (Å²) in [4.78, 5) is 22.6. The number of carboxylic acids is 1. The lowest BCUT2D eigenvalue weighted by atomic mass is 10.2. The van der Waals surface area contributed by atoms with Crippen LogP contribution in [0, 0.1) is 0 Å². The van der Waals surface area contributed by atoms with Gasteiger partial charge in [-0.1, -0.05) is 30.3 Å². The number of aromatic hydroxyl groups is 1. The number of rotatable bonds is 6. The first kappa shape index (κ1) is 17.7. The van der Waals surface area contributed by atoms with E-state index in [1.165, 1.54) is 23.9 Å². The highest BCUT2D eigenvalue weighted by Crippen LogP contribution is 2.23. The topological polar surface area (TPSA) is 95.9 Å². The molecule has 0 bridgehead atoms. The van der Waals surface area contributed by atoms with Crippen LogP contribution in [0.4, 0.5) is 10.5 Å². The molecule has 1 unspecified atom stereocenters. The van der Waals surface area contributed by atoms with E-state index in [9.17, 15) is 14.7 Å². The normalized spacial score (nSPS) is 11.5. The molecule has 0 aromatic heterocycles. The molecule has 2 aromatic carbocycles. The summed E-state index contributed by atoms with van der Waals surface area (Å²) in [7, 11) is 0. The molecule has 7 heteroatoms. The van der Waals surface area contributed by atoms with Crippen molar-refractivity contribution in [2.45, 2.75) is 18.1 Å². The summed E-state index contributed by atoms with van der Waals surface area (Å²) in [6.07, 6.45) is -0.675. The van der Waals surface area contributed by atoms with Gasteiger partial charge in [0.1, 0.15) is 16.7 Å². The maximum atomic E-state index is 11.8. The average molecular weight is 347 g/mol. The van der Waals surface area contributed by atoms with Gasteiger partial charge in [0, 0.05) is 17.5 Å². The molecule has 126 valence electrons. The Morgan fingerprint density at radius 1 is 1.21 bits per heavy atom. The van der Waals surface area contributed by atoms with Crippen molar-refractivity contribution in [3.8, 4) is 5.75 Å². The molecule has 0 spiro atoms. The number of carbonyl (C=O) groups excluding carboxylic acids is 1. The maximum Gasteiger partial charge on any atom is 0.412 e. The number of hydrogen-bond donors (Lipinski definition) is 3. The van der Waals surface area contributed by atoms with Crippen molar-refractivity contribution < 1.29 is 24.5 Å². The number of ether oxygens (including phenoxy) is 1. The minimum atomic E-state index is -1.24. The van der Waals surface area contributed by atoms with Crippen molar-refractivity contribution in [2.75, 3.05) is 5.32 Å². The summed E-state index contributed by atoms with van der Waals surface area (Å²) in [5.74, 6) is -0.956. The number of benzene rings is 2. The lowest BCUT2D eigenvalue weighted by Crippen LogP contribution is -2.18. The van der Waals surface area contributed by atoms with E-state index in [2.05, 4.69) is 5.32 Å². The van der Waals surface area contributed by atoms with Crippen LogP contribution in [0.1, 0.15) is 22.8 Å². The van der Waals surface area contributed by atoms with Crippen LogP contribution >= 0.6 is 11.8 Å². The Bertz CT molecular complexity index is 720. The number of amides is 1. The molecule has 2 rings (SSSR count). The van der Waals surface area contributed by atoms with E-state index < -0.39 is 17.8 Å². The molecule has 6 nitrogen and oxygen atoms in total. The van der Waals surface area contributed by atoms with Gasteiger partial charge in [0.05, 0.1) is 0 Å². The quantitative estimate of drug-likeness (QED) is 0.686. The smallest absolute Gasteiger partial charge is 0.412 e. The van der Waals surface area contributed by atoms with E-state index >= 15 is 0 Å². The molecule has 0 heterocycles. The second kappa shape index (κ2) is 8.26. The summed E-state index contributed by atoms with van der Waals surface area (Å²) in [5, 5.41) is 20.9. The Kier molecular flexibility index (Phi) is 6.08. The van der Waals surface area contributed by atoms with Gasteiger partial charge in [-0.15, -0.1) is 11.8 Å². The molecule has 0 aliphatic heterocycles. The number of hydrogen-bond acceptors (Lipinski definition) is 5. The lowest BCUT2D eigenvalue weighted by Gasteiger charge is -2.14. The Labute approximate surface area is 143 Å². The van der Waals surface area contributed by atoms with Crippen LogP contribution in [0.15, 0.2) is 48.5 Å². The number of nitrogens with one attached hydrogen (secondary N) is 1. The van der Waals surface area contributed by atoms with Gasteiger partial charge in [0.2, 0.25) is 0 Å². The van der Waals surface area contributed by atoms with Crippen molar-refractivity contribution in [3.05, 3.63) is 59.7 Å². The van der Waals surface area contributed by atoms with Crippen LogP contribution in [0.2, 0.25) is 0 Å². The van der Waals surface area contributed by atoms with Crippen molar-refractivity contribution >= 4 is 29.5 Å². The second-order valence-electron chi connectivity index (χ2n) is 4.93. The van der Waals surface area contributed by atoms with Crippen molar-refractivity contribution in [1.29, 1.82) is 0 Å². The third-order valence-corrected chi connectivity index (χ3v) is 4.14. The summed E-state index contributed by atoms with van der Waals surface area (Å²) < 4.78 is 5.21. The lowest BCUT2D eigenvalue weighted by molar-refractivity contribution is 0.0693. The van der Waals surface area contributed by atoms with Crippen LogP contribution in [0.25, 0.3) is 0 Å². The first-order valence-electron chi connectivity index (χ1n) is 7.15. The van der Waals surface area contributed by atoms with E-state index in [1.807, 2.05) is 30.3 Å². The van der Waals surface area contributed by atoms with Crippen LogP contribution in [0.3, 0.4) is 0 Å². The number of carboxylic acid groups (broad SMARTS) is 1. The fourth-order valence-corrected chi connectivity index (χ4v) is 2.69. The van der Waals surface area contributed by atoms with Crippen LogP contribution in [-0.4, -0.2) is 27.7 Å². The molecule has 3 N–H and O–H groups in total. The van der Waals surface area contributed by atoms with Gasteiger partial charge in [0.15, 0.2) is 0 Å². The molecular weight excluding hydrogens is 330 g/mol. The Morgan fingerprint density at radius 2 is 1.92 bits per heavy atom.